The fourth-order valence-electron chi connectivity index (χ4n) is 2.10. The second-order valence-electron chi connectivity index (χ2n) is 4.27. The Morgan fingerprint density at radius 1 is 1.21 bits per heavy atom. The third-order valence-corrected chi connectivity index (χ3v) is 3.12. The van der Waals surface area contributed by atoms with Gasteiger partial charge in [-0.1, -0.05) is 0 Å². The van der Waals surface area contributed by atoms with Crippen molar-refractivity contribution in [1.29, 1.82) is 0 Å². The van der Waals surface area contributed by atoms with Crippen molar-refractivity contribution in [3.63, 3.8) is 0 Å². The van der Waals surface area contributed by atoms with E-state index in [0.717, 1.165) is 22.8 Å². The summed E-state index contributed by atoms with van der Waals surface area (Å²) in [6, 6.07) is 9.31. The Hall–Kier alpha value is -1.94. The van der Waals surface area contributed by atoms with E-state index in [-0.39, 0.29) is 12.5 Å². The highest BCUT2D eigenvalue weighted by Crippen LogP contribution is 2.32. The van der Waals surface area contributed by atoms with E-state index < -0.39 is 0 Å². The van der Waals surface area contributed by atoms with Gasteiger partial charge in [0.2, 0.25) is 0 Å². The first-order chi connectivity index (χ1) is 9.28. The predicted octanol–water partition coefficient (Wildman–Crippen LogP) is 2.62. The highest BCUT2D eigenvalue weighted by molar-refractivity contribution is 5.43. The van der Waals surface area contributed by atoms with Gasteiger partial charge in [-0.15, -0.1) is 0 Å². The number of methoxy groups -OCH3 is 2. The van der Waals surface area contributed by atoms with Crippen molar-refractivity contribution in [3.8, 4) is 11.5 Å². The third-order valence-electron chi connectivity index (χ3n) is 3.12. The van der Waals surface area contributed by atoms with Crippen molar-refractivity contribution in [2.45, 2.75) is 12.3 Å². The van der Waals surface area contributed by atoms with Gasteiger partial charge >= 0.3 is 0 Å². The Morgan fingerprint density at radius 2 is 2.05 bits per heavy atom. The summed E-state index contributed by atoms with van der Waals surface area (Å²) in [5, 5.41) is 9.62. The summed E-state index contributed by atoms with van der Waals surface area (Å²) >= 11 is 0. The molecule has 1 N–H and O–H groups in total. The van der Waals surface area contributed by atoms with E-state index in [2.05, 4.69) is 0 Å². The van der Waals surface area contributed by atoms with Gasteiger partial charge < -0.3 is 19.0 Å². The molecule has 102 valence electrons. The number of aliphatic hydroxyl groups is 1. The van der Waals surface area contributed by atoms with Crippen LogP contribution >= 0.6 is 0 Å². The largest absolute Gasteiger partial charge is 0.497 e. The zero-order chi connectivity index (χ0) is 13.7. The first kappa shape index (κ1) is 13.5. The van der Waals surface area contributed by atoms with Gasteiger partial charge in [-0.05, 0) is 30.3 Å². The first-order valence-corrected chi connectivity index (χ1v) is 6.13. The topological polar surface area (TPSA) is 51.8 Å². The normalized spacial score (nSPS) is 12.2. The number of hydrogen-bond acceptors (Lipinski definition) is 4. The van der Waals surface area contributed by atoms with Crippen LogP contribution in [0.1, 0.15) is 17.2 Å². The van der Waals surface area contributed by atoms with Crippen molar-refractivity contribution < 1.29 is 19.0 Å². The molecule has 0 fully saturated rings. The minimum absolute atomic E-state index is 0.0181. The quantitative estimate of drug-likeness (QED) is 0.869. The monoisotopic (exact) mass is 262 g/mol. The molecule has 0 bridgehead atoms. The highest BCUT2D eigenvalue weighted by atomic mass is 16.5. The summed E-state index contributed by atoms with van der Waals surface area (Å²) in [5.74, 6) is 2.24. The molecule has 2 rings (SSSR count). The zero-order valence-corrected chi connectivity index (χ0v) is 11.1. The number of rotatable bonds is 6. The Balaban J connectivity index is 2.30. The summed E-state index contributed by atoms with van der Waals surface area (Å²) in [4.78, 5) is 0. The summed E-state index contributed by atoms with van der Waals surface area (Å²) < 4.78 is 15.9. The van der Waals surface area contributed by atoms with Crippen LogP contribution in [0.3, 0.4) is 0 Å². The third kappa shape index (κ3) is 3.09. The van der Waals surface area contributed by atoms with Gasteiger partial charge in [0, 0.05) is 17.9 Å². The van der Waals surface area contributed by atoms with E-state index in [1.807, 2.05) is 30.3 Å². The number of benzene rings is 1. The van der Waals surface area contributed by atoms with Crippen LogP contribution in [-0.2, 0) is 6.42 Å². The Morgan fingerprint density at radius 3 is 2.63 bits per heavy atom. The van der Waals surface area contributed by atoms with Crippen LogP contribution in [0.15, 0.2) is 41.0 Å². The van der Waals surface area contributed by atoms with Crippen LogP contribution in [0.4, 0.5) is 0 Å². The molecule has 0 aliphatic heterocycles. The number of furan rings is 1. The predicted molar refractivity (Wildman–Crippen MR) is 71.8 cm³/mol. The van der Waals surface area contributed by atoms with Crippen LogP contribution in [0, 0.1) is 0 Å². The lowest BCUT2D eigenvalue weighted by Gasteiger charge is -2.17. The van der Waals surface area contributed by atoms with Crippen molar-refractivity contribution in [3.05, 3.63) is 47.9 Å². The second kappa shape index (κ2) is 6.29. The van der Waals surface area contributed by atoms with Crippen LogP contribution in [0.25, 0.3) is 0 Å². The molecule has 1 heterocycles. The lowest BCUT2D eigenvalue weighted by molar-refractivity contribution is 0.255. The molecule has 0 amide bonds. The first-order valence-electron chi connectivity index (χ1n) is 6.13. The average molecular weight is 262 g/mol. The average Bonchev–Trinajstić information content (AvgIpc) is 2.97. The van der Waals surface area contributed by atoms with Crippen LogP contribution in [-0.4, -0.2) is 25.9 Å². The molecule has 0 saturated heterocycles. The molecule has 0 saturated carbocycles. The maximum atomic E-state index is 9.62. The van der Waals surface area contributed by atoms with Gasteiger partial charge in [-0.2, -0.15) is 0 Å². The van der Waals surface area contributed by atoms with Gasteiger partial charge in [0.25, 0.3) is 0 Å². The fraction of sp³-hybridized carbons (Fsp3) is 0.333. The standard InChI is InChI=1S/C15H18O4/c1-17-12-5-6-15(18-2)14(9-12)11(10-16)8-13-4-3-7-19-13/h3-7,9,11,16H,8,10H2,1-2H3. The molecule has 0 radical (unpaired) electrons. The van der Waals surface area contributed by atoms with Crippen molar-refractivity contribution in [2.24, 2.45) is 0 Å². The van der Waals surface area contributed by atoms with Gasteiger partial charge in [0.1, 0.15) is 17.3 Å². The lowest BCUT2D eigenvalue weighted by Crippen LogP contribution is -2.09. The van der Waals surface area contributed by atoms with Gasteiger partial charge in [0.05, 0.1) is 27.1 Å². The molecule has 4 nitrogen and oxygen atoms in total. The van der Waals surface area contributed by atoms with Crippen LogP contribution in [0.5, 0.6) is 11.5 Å². The zero-order valence-electron chi connectivity index (χ0n) is 11.1. The molecule has 1 aromatic heterocycles. The molecular formula is C15H18O4. The van der Waals surface area contributed by atoms with Crippen LogP contribution in [0.2, 0.25) is 0 Å². The molecule has 0 aliphatic carbocycles. The summed E-state index contributed by atoms with van der Waals surface area (Å²) in [5.41, 5.74) is 0.917. The van der Waals surface area contributed by atoms with E-state index >= 15 is 0 Å². The van der Waals surface area contributed by atoms with Gasteiger partial charge in [-0.3, -0.25) is 0 Å². The smallest absolute Gasteiger partial charge is 0.122 e. The second-order valence-corrected chi connectivity index (χ2v) is 4.27. The fourth-order valence-corrected chi connectivity index (χ4v) is 2.10. The molecular weight excluding hydrogens is 244 g/mol. The summed E-state index contributed by atoms with van der Waals surface area (Å²) in [6.45, 7) is 0.0181. The van der Waals surface area contributed by atoms with Gasteiger partial charge in [-0.25, -0.2) is 0 Å². The van der Waals surface area contributed by atoms with E-state index in [9.17, 15) is 5.11 Å². The lowest BCUT2D eigenvalue weighted by atomic mass is 9.94. The molecule has 1 aromatic carbocycles. The highest BCUT2D eigenvalue weighted by Gasteiger charge is 2.18. The van der Waals surface area contributed by atoms with Crippen molar-refractivity contribution in [2.75, 3.05) is 20.8 Å². The minimum Gasteiger partial charge on any atom is -0.497 e. The maximum absolute atomic E-state index is 9.62. The summed E-state index contributed by atoms with van der Waals surface area (Å²) in [6.07, 6.45) is 2.25. The Kier molecular flexibility index (Phi) is 4.47. The Labute approximate surface area is 112 Å². The molecule has 4 heteroatoms. The Bertz CT molecular complexity index is 505. The molecule has 0 aliphatic rings. The van der Waals surface area contributed by atoms with E-state index in [0.29, 0.717) is 6.42 Å². The number of hydrogen-bond donors (Lipinski definition) is 1. The van der Waals surface area contributed by atoms with E-state index in [4.69, 9.17) is 13.9 Å². The molecule has 2 aromatic rings. The molecule has 19 heavy (non-hydrogen) atoms. The SMILES string of the molecule is COc1ccc(OC)c(C(CO)Cc2ccco2)c1. The number of aliphatic hydroxyl groups excluding tert-OH is 1. The minimum atomic E-state index is -0.0869. The van der Waals surface area contributed by atoms with Crippen molar-refractivity contribution >= 4 is 0 Å². The van der Waals surface area contributed by atoms with E-state index in [1.165, 1.54) is 0 Å². The van der Waals surface area contributed by atoms with Crippen molar-refractivity contribution in [1.82, 2.24) is 0 Å². The molecule has 0 spiro atoms. The van der Waals surface area contributed by atoms with Gasteiger partial charge in [0.15, 0.2) is 0 Å². The maximum Gasteiger partial charge on any atom is 0.122 e. The summed E-state index contributed by atoms with van der Waals surface area (Å²) in [7, 11) is 3.23. The van der Waals surface area contributed by atoms with Crippen LogP contribution < -0.4 is 9.47 Å². The molecule has 1 atom stereocenters. The molecule has 1 unspecified atom stereocenters. The van der Waals surface area contributed by atoms with E-state index in [1.54, 1.807) is 20.5 Å². The number of ether oxygens (including phenoxy) is 2.